The van der Waals surface area contributed by atoms with Crippen molar-refractivity contribution in [3.8, 4) is 0 Å². The number of hydrogen-bond donors (Lipinski definition) is 2. The number of nitrogens with one attached hydrogen (secondary N) is 1. The molecule has 5 aliphatic carbocycles. The first-order valence-corrected chi connectivity index (χ1v) is 13.0. The standard InChI is InChI=1S/C25H33NO6S/c1-3-31-22(28)20-17-5-4-14(2)6-18(17)33-21(20)26-19(27)12-32-23(29)24-8-15-7-16(9-24)11-25(30,10-15)13-24/h14-16,30H,3-13H2,1-2H3,(H,26,27). The molecule has 0 radical (unpaired) electrons. The monoisotopic (exact) mass is 475 g/mol. The Bertz CT molecular complexity index is 970. The Morgan fingerprint density at radius 1 is 1.15 bits per heavy atom. The molecule has 5 aliphatic rings. The number of fused-ring (bicyclic) bond motifs is 1. The molecule has 0 aromatic carbocycles. The molecule has 4 fully saturated rings. The third-order valence-electron chi connectivity index (χ3n) is 8.04. The number of anilines is 1. The highest BCUT2D eigenvalue weighted by Gasteiger charge is 2.60. The molecule has 1 heterocycles. The van der Waals surface area contributed by atoms with E-state index in [1.165, 1.54) is 11.3 Å². The van der Waals surface area contributed by atoms with Crippen molar-refractivity contribution in [2.45, 2.75) is 77.2 Å². The van der Waals surface area contributed by atoms with Crippen molar-refractivity contribution in [2.75, 3.05) is 18.5 Å². The zero-order chi connectivity index (χ0) is 23.4. The van der Waals surface area contributed by atoms with E-state index >= 15 is 0 Å². The van der Waals surface area contributed by atoms with Crippen molar-refractivity contribution in [1.29, 1.82) is 0 Å². The van der Waals surface area contributed by atoms with Gasteiger partial charge in [0.05, 0.1) is 23.2 Å². The molecule has 1 aromatic rings. The van der Waals surface area contributed by atoms with Crippen LogP contribution < -0.4 is 5.32 Å². The third-order valence-corrected chi connectivity index (χ3v) is 9.21. The number of hydrogen-bond acceptors (Lipinski definition) is 7. The summed E-state index contributed by atoms with van der Waals surface area (Å²) in [6.45, 7) is 3.82. The van der Waals surface area contributed by atoms with E-state index in [-0.39, 0.29) is 12.6 Å². The van der Waals surface area contributed by atoms with Gasteiger partial charge < -0.3 is 19.9 Å². The summed E-state index contributed by atoms with van der Waals surface area (Å²) in [5, 5.41) is 14.2. The molecule has 4 bridgehead atoms. The summed E-state index contributed by atoms with van der Waals surface area (Å²) in [4.78, 5) is 39.6. The van der Waals surface area contributed by atoms with Gasteiger partial charge in [-0.25, -0.2) is 4.79 Å². The zero-order valence-corrected chi connectivity index (χ0v) is 20.2. The summed E-state index contributed by atoms with van der Waals surface area (Å²) in [7, 11) is 0. The maximum atomic E-state index is 13.1. The number of esters is 2. The Morgan fingerprint density at radius 2 is 1.88 bits per heavy atom. The van der Waals surface area contributed by atoms with Crippen LogP contribution in [0.4, 0.5) is 5.00 Å². The highest BCUT2D eigenvalue weighted by Crippen LogP contribution is 2.62. The second-order valence-electron chi connectivity index (χ2n) is 10.9. The number of carbonyl (C=O) groups excluding carboxylic acids is 3. The van der Waals surface area contributed by atoms with E-state index in [1.54, 1.807) is 6.92 Å². The lowest BCUT2D eigenvalue weighted by atomic mass is 9.48. The first-order chi connectivity index (χ1) is 15.7. The van der Waals surface area contributed by atoms with Crippen LogP contribution in [0.2, 0.25) is 0 Å². The van der Waals surface area contributed by atoms with Crippen molar-refractivity contribution in [2.24, 2.45) is 23.2 Å². The number of amides is 1. The van der Waals surface area contributed by atoms with Crippen molar-refractivity contribution >= 4 is 34.2 Å². The normalized spacial score (nSPS) is 34.0. The van der Waals surface area contributed by atoms with E-state index in [4.69, 9.17) is 9.47 Å². The van der Waals surface area contributed by atoms with Crippen molar-refractivity contribution in [3.63, 3.8) is 0 Å². The summed E-state index contributed by atoms with van der Waals surface area (Å²) in [6.07, 6.45) is 7.23. The Balaban J connectivity index is 1.26. The molecule has 180 valence electrons. The van der Waals surface area contributed by atoms with Crippen LogP contribution in [-0.2, 0) is 31.9 Å². The predicted molar refractivity (Wildman–Crippen MR) is 123 cm³/mol. The van der Waals surface area contributed by atoms with Gasteiger partial charge in [0.2, 0.25) is 0 Å². The molecule has 1 amide bonds. The number of rotatable bonds is 6. The Hall–Kier alpha value is -1.93. The fourth-order valence-corrected chi connectivity index (χ4v) is 8.57. The molecule has 0 aliphatic heterocycles. The molecular formula is C25H33NO6S. The van der Waals surface area contributed by atoms with Gasteiger partial charge in [-0.2, -0.15) is 0 Å². The van der Waals surface area contributed by atoms with Gasteiger partial charge in [0, 0.05) is 4.88 Å². The van der Waals surface area contributed by atoms with Gasteiger partial charge in [-0.15, -0.1) is 11.3 Å². The topological polar surface area (TPSA) is 102 Å². The molecule has 4 saturated carbocycles. The average molecular weight is 476 g/mol. The second-order valence-corrected chi connectivity index (χ2v) is 12.0. The summed E-state index contributed by atoms with van der Waals surface area (Å²) < 4.78 is 10.8. The molecule has 1 aromatic heterocycles. The lowest BCUT2D eigenvalue weighted by Gasteiger charge is -2.58. The largest absolute Gasteiger partial charge is 0.462 e. The Kier molecular flexibility index (Phi) is 5.80. The van der Waals surface area contributed by atoms with Crippen molar-refractivity contribution in [1.82, 2.24) is 0 Å². The van der Waals surface area contributed by atoms with Gasteiger partial charge in [-0.05, 0) is 88.0 Å². The van der Waals surface area contributed by atoms with Gasteiger partial charge in [0.15, 0.2) is 6.61 Å². The lowest BCUT2D eigenvalue weighted by Crippen LogP contribution is -2.58. The maximum absolute atomic E-state index is 13.1. The number of thiophene rings is 1. The van der Waals surface area contributed by atoms with Crippen molar-refractivity contribution in [3.05, 3.63) is 16.0 Å². The minimum atomic E-state index is -0.757. The van der Waals surface area contributed by atoms with Crippen molar-refractivity contribution < 1.29 is 29.0 Å². The molecule has 8 heteroatoms. The van der Waals surface area contributed by atoms with Crippen LogP contribution >= 0.6 is 11.3 Å². The van der Waals surface area contributed by atoms with Crippen LogP contribution in [0.25, 0.3) is 0 Å². The molecule has 0 saturated heterocycles. The SMILES string of the molecule is CCOC(=O)c1c(NC(=O)COC(=O)C23CC4CC(CC(O)(C4)C2)C3)sc2c1CCC(C)C2. The van der Waals surface area contributed by atoms with E-state index in [9.17, 15) is 19.5 Å². The van der Waals surface area contributed by atoms with Gasteiger partial charge in [-0.3, -0.25) is 9.59 Å². The second kappa shape index (κ2) is 8.38. The minimum Gasteiger partial charge on any atom is -0.462 e. The van der Waals surface area contributed by atoms with Crippen LogP contribution in [-0.4, -0.2) is 41.8 Å². The minimum absolute atomic E-state index is 0.265. The summed E-state index contributed by atoms with van der Waals surface area (Å²) >= 11 is 1.42. The first kappa shape index (κ1) is 22.8. The van der Waals surface area contributed by atoms with Crippen LogP contribution in [0.1, 0.15) is 79.6 Å². The van der Waals surface area contributed by atoms with Gasteiger partial charge in [0.25, 0.3) is 5.91 Å². The van der Waals surface area contributed by atoms with Crippen LogP contribution in [0.5, 0.6) is 0 Å². The van der Waals surface area contributed by atoms with Crippen LogP contribution in [0.3, 0.4) is 0 Å². The highest BCUT2D eigenvalue weighted by atomic mass is 32.1. The smallest absolute Gasteiger partial charge is 0.341 e. The number of carbonyl (C=O) groups is 3. The zero-order valence-electron chi connectivity index (χ0n) is 19.4. The Morgan fingerprint density at radius 3 is 2.55 bits per heavy atom. The van der Waals surface area contributed by atoms with Gasteiger partial charge in [0.1, 0.15) is 5.00 Å². The number of ether oxygens (including phenoxy) is 2. The predicted octanol–water partition coefficient (Wildman–Crippen LogP) is 3.86. The van der Waals surface area contributed by atoms with E-state index in [0.29, 0.717) is 34.7 Å². The van der Waals surface area contributed by atoms with Crippen LogP contribution in [0.15, 0.2) is 0 Å². The first-order valence-electron chi connectivity index (χ1n) is 12.2. The molecule has 7 nitrogen and oxygen atoms in total. The van der Waals surface area contributed by atoms with E-state index in [0.717, 1.165) is 61.8 Å². The van der Waals surface area contributed by atoms with Crippen LogP contribution in [0, 0.1) is 23.2 Å². The average Bonchev–Trinajstić information content (AvgIpc) is 3.07. The molecule has 6 rings (SSSR count). The maximum Gasteiger partial charge on any atom is 0.341 e. The fourth-order valence-electron chi connectivity index (χ4n) is 7.16. The van der Waals surface area contributed by atoms with Gasteiger partial charge >= 0.3 is 11.9 Å². The van der Waals surface area contributed by atoms with Gasteiger partial charge in [-0.1, -0.05) is 6.92 Å². The molecule has 3 atom stereocenters. The fraction of sp³-hybridized carbons (Fsp3) is 0.720. The molecule has 2 N–H and O–H groups in total. The summed E-state index contributed by atoms with van der Waals surface area (Å²) in [5.41, 5.74) is 0.0119. The molecule has 3 unspecified atom stereocenters. The van der Waals surface area contributed by atoms with E-state index < -0.39 is 29.5 Å². The lowest BCUT2D eigenvalue weighted by molar-refractivity contribution is -0.196. The summed E-state index contributed by atoms with van der Waals surface area (Å²) in [6, 6.07) is 0. The summed E-state index contributed by atoms with van der Waals surface area (Å²) in [5.74, 6) is 0.0257. The number of aliphatic hydroxyl groups is 1. The third kappa shape index (κ3) is 4.20. The molecule has 0 spiro atoms. The Labute approximate surface area is 198 Å². The van der Waals surface area contributed by atoms with E-state index in [2.05, 4.69) is 12.2 Å². The molecular weight excluding hydrogens is 442 g/mol. The quantitative estimate of drug-likeness (QED) is 0.606. The highest BCUT2D eigenvalue weighted by molar-refractivity contribution is 7.17. The molecule has 33 heavy (non-hydrogen) atoms. The van der Waals surface area contributed by atoms with E-state index in [1.807, 2.05) is 0 Å².